The monoisotopic (exact) mass is 511 g/mol. The summed E-state index contributed by atoms with van der Waals surface area (Å²) in [6.07, 6.45) is 0.217. The van der Waals surface area contributed by atoms with Crippen LogP contribution in [0.4, 0.5) is 5.69 Å². The summed E-state index contributed by atoms with van der Waals surface area (Å²) in [4.78, 5) is 26.8. The summed E-state index contributed by atoms with van der Waals surface area (Å²) >= 11 is 3.61. The Hall–Kier alpha value is -3.32. The van der Waals surface area contributed by atoms with Gasteiger partial charge in [0.2, 0.25) is 0 Å². The molecule has 0 fully saturated rings. The first-order chi connectivity index (χ1) is 15.9. The van der Waals surface area contributed by atoms with Crippen LogP contribution in [-0.4, -0.2) is 32.6 Å². The highest BCUT2D eigenvalue weighted by Crippen LogP contribution is 2.38. The molecule has 0 aliphatic rings. The molecule has 0 aliphatic carbocycles. The van der Waals surface area contributed by atoms with Crippen LogP contribution in [0.25, 0.3) is 0 Å². The lowest BCUT2D eigenvalue weighted by molar-refractivity contribution is -0.140. The third-order valence-electron chi connectivity index (χ3n) is 5.12. The van der Waals surface area contributed by atoms with E-state index in [1.807, 2.05) is 55.3 Å². The zero-order valence-electron chi connectivity index (χ0n) is 18.8. The van der Waals surface area contributed by atoms with Gasteiger partial charge in [-0.05, 0) is 52.2 Å². The summed E-state index contributed by atoms with van der Waals surface area (Å²) < 4.78 is 17.2. The highest BCUT2D eigenvalue weighted by molar-refractivity contribution is 9.10. The number of rotatable bonds is 9. The van der Waals surface area contributed by atoms with E-state index in [2.05, 4.69) is 15.9 Å². The fourth-order valence-corrected chi connectivity index (χ4v) is 4.24. The molecule has 7 heteroatoms. The second-order valence-corrected chi connectivity index (χ2v) is 8.28. The average Bonchev–Trinajstić information content (AvgIpc) is 2.82. The number of anilines is 1. The smallest absolute Gasteiger partial charge is 0.347 e. The van der Waals surface area contributed by atoms with E-state index in [0.29, 0.717) is 35.8 Å². The summed E-state index contributed by atoms with van der Waals surface area (Å²) in [6, 6.07) is 20.4. The van der Waals surface area contributed by atoms with Crippen molar-refractivity contribution in [1.29, 1.82) is 0 Å². The van der Waals surface area contributed by atoms with Crippen LogP contribution in [0.2, 0.25) is 0 Å². The number of methoxy groups -OCH3 is 1. The van der Waals surface area contributed by atoms with Crippen molar-refractivity contribution in [3.63, 3.8) is 0 Å². The van der Waals surface area contributed by atoms with Gasteiger partial charge in [-0.2, -0.15) is 0 Å². The van der Waals surface area contributed by atoms with Crippen LogP contribution >= 0.6 is 15.9 Å². The van der Waals surface area contributed by atoms with Crippen molar-refractivity contribution < 1.29 is 23.8 Å². The van der Waals surface area contributed by atoms with Gasteiger partial charge in [-0.3, -0.25) is 4.79 Å². The van der Waals surface area contributed by atoms with E-state index in [9.17, 15) is 9.59 Å². The van der Waals surface area contributed by atoms with Crippen LogP contribution in [-0.2, 0) is 16.1 Å². The van der Waals surface area contributed by atoms with Crippen molar-refractivity contribution in [2.75, 3.05) is 25.6 Å². The lowest BCUT2D eigenvalue weighted by Crippen LogP contribution is -2.24. The molecule has 0 atom stereocenters. The number of carbonyl (C=O) groups excluding carboxylic acids is 2. The molecule has 3 rings (SSSR count). The van der Waals surface area contributed by atoms with Crippen LogP contribution < -0.4 is 14.4 Å². The van der Waals surface area contributed by atoms with Gasteiger partial charge in [0.1, 0.15) is 23.7 Å². The Morgan fingerprint density at radius 1 is 1.00 bits per heavy atom. The molecular weight excluding hydrogens is 486 g/mol. The minimum Gasteiger partial charge on any atom is -0.488 e. The summed E-state index contributed by atoms with van der Waals surface area (Å²) in [6.45, 7) is 2.56. The maximum atomic E-state index is 13.3. The van der Waals surface area contributed by atoms with Crippen LogP contribution in [0, 0.1) is 6.92 Å². The van der Waals surface area contributed by atoms with Gasteiger partial charge in [-0.1, -0.05) is 48.5 Å². The van der Waals surface area contributed by atoms with Gasteiger partial charge in [-0.15, -0.1) is 0 Å². The maximum absolute atomic E-state index is 13.3. The minimum absolute atomic E-state index is 0.217. The summed E-state index contributed by atoms with van der Waals surface area (Å²) in [5.41, 5.74) is 2.76. The Morgan fingerprint density at radius 2 is 1.64 bits per heavy atom. The average molecular weight is 512 g/mol. The van der Waals surface area contributed by atoms with Crippen molar-refractivity contribution in [3.05, 3.63) is 87.9 Å². The molecule has 0 amide bonds. The molecule has 0 radical (unpaired) electrons. The third kappa shape index (κ3) is 6.35. The van der Waals surface area contributed by atoms with Crippen molar-refractivity contribution >= 4 is 33.6 Å². The first-order valence-corrected chi connectivity index (χ1v) is 11.2. The molecular formula is C26H26BrNO5. The van der Waals surface area contributed by atoms with Crippen LogP contribution in [0.15, 0.2) is 71.2 Å². The number of para-hydroxylation sites is 1. The normalized spacial score (nSPS) is 10.4. The van der Waals surface area contributed by atoms with Gasteiger partial charge in [-0.25, -0.2) is 4.79 Å². The highest BCUT2D eigenvalue weighted by Gasteiger charge is 2.25. The molecule has 0 aliphatic heterocycles. The minimum atomic E-state index is -0.517. The molecule has 3 aromatic carbocycles. The summed E-state index contributed by atoms with van der Waals surface area (Å²) in [5, 5.41) is 0. The topological polar surface area (TPSA) is 65.1 Å². The van der Waals surface area contributed by atoms with Crippen LogP contribution in [0.1, 0.15) is 27.9 Å². The standard InChI is InChI=1S/C26H26BrNO5/c1-18-24(26(30)33-20-12-8-5-9-13-20)22(32-17-19-10-6-4-7-11-19)16-21(27)25(18)28(2)15-14-23(29)31-3/h4-13,16H,14-15,17H2,1-3H3. The number of hydrogen-bond donors (Lipinski definition) is 0. The fourth-order valence-electron chi connectivity index (χ4n) is 3.43. The number of halogens is 1. The Kier molecular flexibility index (Phi) is 8.49. The van der Waals surface area contributed by atoms with Gasteiger partial charge in [0.15, 0.2) is 0 Å². The lowest BCUT2D eigenvalue weighted by Gasteiger charge is -2.25. The van der Waals surface area contributed by atoms with Crippen molar-refractivity contribution in [1.82, 2.24) is 0 Å². The van der Waals surface area contributed by atoms with Crippen LogP contribution in [0.5, 0.6) is 11.5 Å². The molecule has 0 heterocycles. The third-order valence-corrected chi connectivity index (χ3v) is 5.72. The lowest BCUT2D eigenvalue weighted by atomic mass is 10.0. The molecule has 0 unspecified atom stereocenters. The molecule has 3 aromatic rings. The van der Waals surface area contributed by atoms with Gasteiger partial charge in [0, 0.05) is 18.1 Å². The zero-order valence-corrected chi connectivity index (χ0v) is 20.4. The van der Waals surface area contributed by atoms with E-state index in [0.717, 1.165) is 15.7 Å². The van der Waals surface area contributed by atoms with Crippen molar-refractivity contribution in [2.24, 2.45) is 0 Å². The number of nitrogens with zero attached hydrogens (tertiary/aromatic N) is 1. The van der Waals surface area contributed by atoms with Gasteiger partial charge < -0.3 is 19.1 Å². The van der Waals surface area contributed by atoms with Crippen LogP contribution in [0.3, 0.4) is 0 Å². The second-order valence-electron chi connectivity index (χ2n) is 7.43. The molecule has 0 bridgehead atoms. The molecule has 0 aromatic heterocycles. The molecule has 6 nitrogen and oxygen atoms in total. The van der Waals surface area contributed by atoms with E-state index in [1.54, 1.807) is 30.3 Å². The number of esters is 2. The quantitative estimate of drug-likeness (QED) is 0.277. The zero-order chi connectivity index (χ0) is 23.8. The number of carbonyl (C=O) groups is 2. The molecule has 0 spiro atoms. The summed E-state index contributed by atoms with van der Waals surface area (Å²) in [5.74, 6) is 0.0349. The molecule has 0 saturated carbocycles. The largest absolute Gasteiger partial charge is 0.488 e. The number of hydrogen-bond acceptors (Lipinski definition) is 6. The van der Waals surface area contributed by atoms with Crippen molar-refractivity contribution in [2.45, 2.75) is 20.0 Å². The number of benzene rings is 3. The predicted octanol–water partition coefficient (Wildman–Crippen LogP) is 5.56. The van der Waals surface area contributed by atoms with E-state index >= 15 is 0 Å². The fraction of sp³-hybridized carbons (Fsp3) is 0.231. The van der Waals surface area contributed by atoms with E-state index < -0.39 is 5.97 Å². The first kappa shape index (κ1) is 24.3. The number of ether oxygens (including phenoxy) is 3. The summed E-state index contributed by atoms with van der Waals surface area (Å²) in [7, 11) is 3.22. The van der Waals surface area contributed by atoms with Gasteiger partial charge >= 0.3 is 11.9 Å². The molecule has 0 N–H and O–H groups in total. The SMILES string of the molecule is COC(=O)CCN(C)c1c(Br)cc(OCc2ccccc2)c(C(=O)Oc2ccccc2)c1C. The molecule has 172 valence electrons. The highest BCUT2D eigenvalue weighted by atomic mass is 79.9. The second kappa shape index (κ2) is 11.5. The molecule has 0 saturated heterocycles. The molecule has 33 heavy (non-hydrogen) atoms. The van der Waals surface area contributed by atoms with Gasteiger partial charge in [0.05, 0.1) is 19.2 Å². The van der Waals surface area contributed by atoms with E-state index in [4.69, 9.17) is 14.2 Å². The first-order valence-electron chi connectivity index (χ1n) is 10.5. The van der Waals surface area contributed by atoms with Crippen molar-refractivity contribution in [3.8, 4) is 11.5 Å². The Labute approximate surface area is 202 Å². The Morgan fingerprint density at radius 3 is 2.27 bits per heavy atom. The maximum Gasteiger partial charge on any atom is 0.347 e. The van der Waals surface area contributed by atoms with E-state index in [-0.39, 0.29) is 12.4 Å². The van der Waals surface area contributed by atoms with E-state index in [1.165, 1.54) is 7.11 Å². The predicted molar refractivity (Wildman–Crippen MR) is 131 cm³/mol. The van der Waals surface area contributed by atoms with Gasteiger partial charge in [0.25, 0.3) is 0 Å². The Balaban J connectivity index is 1.96. The Bertz CT molecular complexity index is 1100.